The minimum Gasteiger partial charge on any atom is -0.341 e. The van der Waals surface area contributed by atoms with E-state index in [0.29, 0.717) is 18.6 Å². The molecule has 1 heterocycles. The van der Waals surface area contributed by atoms with E-state index in [1.165, 1.54) is 0 Å². The van der Waals surface area contributed by atoms with Crippen molar-refractivity contribution in [3.8, 4) is 0 Å². The highest BCUT2D eigenvalue weighted by atomic mass is 16.2. The van der Waals surface area contributed by atoms with Crippen molar-refractivity contribution in [3.05, 3.63) is 17.5 Å². The van der Waals surface area contributed by atoms with E-state index >= 15 is 0 Å². The first kappa shape index (κ1) is 15.0. The third-order valence-electron chi connectivity index (χ3n) is 4.43. The Labute approximate surface area is 121 Å². The molecule has 1 amide bonds. The van der Waals surface area contributed by atoms with E-state index in [0.717, 1.165) is 37.1 Å². The monoisotopic (exact) mass is 278 g/mol. The van der Waals surface area contributed by atoms with Gasteiger partial charge in [-0.15, -0.1) is 0 Å². The lowest BCUT2D eigenvalue weighted by Gasteiger charge is -2.34. The molecule has 5 heteroatoms. The van der Waals surface area contributed by atoms with E-state index in [-0.39, 0.29) is 5.91 Å². The van der Waals surface area contributed by atoms with E-state index in [1.54, 1.807) is 4.68 Å². The molecule has 20 heavy (non-hydrogen) atoms. The number of rotatable bonds is 4. The lowest BCUT2D eigenvalue weighted by Crippen LogP contribution is -2.43. The molecule has 112 valence electrons. The van der Waals surface area contributed by atoms with Crippen molar-refractivity contribution >= 4 is 5.91 Å². The maximum Gasteiger partial charge on any atom is 0.244 e. The number of carbonyl (C=O) groups is 1. The summed E-state index contributed by atoms with van der Waals surface area (Å²) in [4.78, 5) is 14.3. The summed E-state index contributed by atoms with van der Waals surface area (Å²) in [6, 6.07) is 3.00. The number of aromatic nitrogens is 2. The summed E-state index contributed by atoms with van der Waals surface area (Å²) in [5.41, 5.74) is 2.01. The predicted molar refractivity (Wildman–Crippen MR) is 79.6 cm³/mol. The molecular formula is C15H26N4O. The maximum atomic E-state index is 12.4. The van der Waals surface area contributed by atoms with Gasteiger partial charge < -0.3 is 10.2 Å². The fraction of sp³-hybridized carbons (Fsp3) is 0.733. The summed E-state index contributed by atoms with van der Waals surface area (Å²) in [6.45, 7) is 4.30. The third-order valence-corrected chi connectivity index (χ3v) is 4.43. The van der Waals surface area contributed by atoms with Crippen molar-refractivity contribution in [2.75, 3.05) is 14.1 Å². The van der Waals surface area contributed by atoms with E-state index < -0.39 is 0 Å². The number of aryl methyl sites for hydroxylation is 2. The Morgan fingerprint density at radius 3 is 2.55 bits per heavy atom. The Morgan fingerprint density at radius 1 is 1.40 bits per heavy atom. The molecule has 5 nitrogen and oxygen atoms in total. The number of likely N-dealkylation sites (N-methyl/N-ethyl adjacent to an activating group) is 1. The van der Waals surface area contributed by atoms with E-state index in [2.05, 4.69) is 10.4 Å². The van der Waals surface area contributed by atoms with Gasteiger partial charge in [0.1, 0.15) is 6.54 Å². The molecule has 0 saturated heterocycles. The van der Waals surface area contributed by atoms with Crippen LogP contribution in [0.25, 0.3) is 0 Å². The van der Waals surface area contributed by atoms with E-state index in [9.17, 15) is 4.79 Å². The Hall–Kier alpha value is -1.36. The van der Waals surface area contributed by atoms with Crippen molar-refractivity contribution in [2.24, 2.45) is 0 Å². The molecule has 1 aromatic heterocycles. The topological polar surface area (TPSA) is 50.2 Å². The second-order valence-electron chi connectivity index (χ2n) is 5.88. The van der Waals surface area contributed by atoms with Gasteiger partial charge in [-0.25, -0.2) is 0 Å². The summed E-state index contributed by atoms with van der Waals surface area (Å²) in [7, 11) is 3.95. The fourth-order valence-electron chi connectivity index (χ4n) is 3.03. The molecule has 0 aromatic carbocycles. The van der Waals surface area contributed by atoms with Crippen LogP contribution in [0, 0.1) is 13.8 Å². The largest absolute Gasteiger partial charge is 0.341 e. The zero-order valence-electron chi connectivity index (χ0n) is 13.0. The molecule has 1 saturated carbocycles. The first-order valence-corrected chi connectivity index (χ1v) is 7.45. The summed E-state index contributed by atoms with van der Waals surface area (Å²) in [6.07, 6.45) is 4.48. The van der Waals surface area contributed by atoms with Crippen LogP contribution >= 0.6 is 0 Å². The number of hydrogen-bond donors (Lipinski definition) is 1. The molecular weight excluding hydrogens is 252 g/mol. The van der Waals surface area contributed by atoms with Crippen LogP contribution in [0.1, 0.15) is 37.1 Å². The first-order valence-electron chi connectivity index (χ1n) is 7.45. The summed E-state index contributed by atoms with van der Waals surface area (Å²) >= 11 is 0. The SMILES string of the molecule is CNC1CCC(N(C)C(=O)Cn2nc(C)cc2C)CC1. The van der Waals surface area contributed by atoms with Gasteiger partial charge in [-0.05, 0) is 52.6 Å². The van der Waals surface area contributed by atoms with Crippen molar-refractivity contribution in [2.45, 2.75) is 58.2 Å². The summed E-state index contributed by atoms with van der Waals surface area (Å²) < 4.78 is 1.80. The molecule has 0 radical (unpaired) electrons. The van der Waals surface area contributed by atoms with Crippen LogP contribution < -0.4 is 5.32 Å². The minimum absolute atomic E-state index is 0.157. The number of hydrogen-bond acceptors (Lipinski definition) is 3. The van der Waals surface area contributed by atoms with Crippen LogP contribution in [0.5, 0.6) is 0 Å². The average molecular weight is 278 g/mol. The zero-order valence-corrected chi connectivity index (χ0v) is 13.0. The van der Waals surface area contributed by atoms with Crippen LogP contribution in [0.15, 0.2) is 6.07 Å². The second-order valence-corrected chi connectivity index (χ2v) is 5.88. The molecule has 0 spiro atoms. The Balaban J connectivity index is 1.91. The Morgan fingerprint density at radius 2 is 2.05 bits per heavy atom. The first-order chi connectivity index (χ1) is 9.51. The molecule has 0 atom stereocenters. The summed E-state index contributed by atoms with van der Waals surface area (Å²) in [5.74, 6) is 0.157. The van der Waals surface area contributed by atoms with Gasteiger partial charge in [0.15, 0.2) is 0 Å². The van der Waals surface area contributed by atoms with Gasteiger partial charge in [0, 0.05) is 24.8 Å². The normalized spacial score (nSPS) is 22.8. The highest BCUT2D eigenvalue weighted by Gasteiger charge is 2.26. The standard InChI is InChI=1S/C15H26N4O/c1-11-9-12(2)19(17-11)10-15(20)18(4)14-7-5-13(16-3)6-8-14/h9,13-14,16H,5-8,10H2,1-4H3. The van der Waals surface area contributed by atoms with Gasteiger partial charge in [-0.3, -0.25) is 9.48 Å². The highest BCUT2D eigenvalue weighted by molar-refractivity contribution is 5.76. The van der Waals surface area contributed by atoms with E-state index in [4.69, 9.17) is 0 Å². The minimum atomic E-state index is 0.157. The molecule has 1 aliphatic rings. The third kappa shape index (κ3) is 3.39. The molecule has 1 aromatic rings. The van der Waals surface area contributed by atoms with Crippen LogP contribution in [-0.2, 0) is 11.3 Å². The van der Waals surface area contributed by atoms with Crippen molar-refractivity contribution in [1.82, 2.24) is 20.0 Å². The molecule has 0 aliphatic heterocycles. The van der Waals surface area contributed by atoms with Gasteiger partial charge in [0.25, 0.3) is 0 Å². The molecule has 1 fully saturated rings. The maximum absolute atomic E-state index is 12.4. The van der Waals surface area contributed by atoms with Gasteiger partial charge in [0.05, 0.1) is 5.69 Å². The highest BCUT2D eigenvalue weighted by Crippen LogP contribution is 2.22. The van der Waals surface area contributed by atoms with Gasteiger partial charge in [-0.1, -0.05) is 0 Å². The van der Waals surface area contributed by atoms with Gasteiger partial charge in [0.2, 0.25) is 5.91 Å². The molecule has 1 aliphatic carbocycles. The number of nitrogens with one attached hydrogen (secondary N) is 1. The van der Waals surface area contributed by atoms with Gasteiger partial charge >= 0.3 is 0 Å². The number of carbonyl (C=O) groups excluding carboxylic acids is 1. The second kappa shape index (κ2) is 6.39. The lowest BCUT2D eigenvalue weighted by molar-refractivity contribution is -0.133. The van der Waals surface area contributed by atoms with Gasteiger partial charge in [-0.2, -0.15) is 5.10 Å². The van der Waals surface area contributed by atoms with Crippen LogP contribution in [0.2, 0.25) is 0 Å². The fourth-order valence-corrected chi connectivity index (χ4v) is 3.03. The average Bonchev–Trinajstić information content (AvgIpc) is 2.76. The predicted octanol–water partition coefficient (Wildman–Crippen LogP) is 1.49. The van der Waals surface area contributed by atoms with Crippen LogP contribution in [-0.4, -0.2) is 46.8 Å². The van der Waals surface area contributed by atoms with Crippen molar-refractivity contribution < 1.29 is 4.79 Å². The lowest BCUT2D eigenvalue weighted by atomic mass is 9.90. The summed E-state index contributed by atoms with van der Waals surface area (Å²) in [5, 5.41) is 7.69. The van der Waals surface area contributed by atoms with Crippen molar-refractivity contribution in [1.29, 1.82) is 0 Å². The van der Waals surface area contributed by atoms with Crippen LogP contribution in [0.4, 0.5) is 0 Å². The zero-order chi connectivity index (χ0) is 14.7. The molecule has 0 unspecified atom stereocenters. The number of nitrogens with zero attached hydrogens (tertiary/aromatic N) is 3. The number of amides is 1. The Kier molecular flexibility index (Phi) is 4.81. The smallest absolute Gasteiger partial charge is 0.244 e. The van der Waals surface area contributed by atoms with Crippen molar-refractivity contribution in [3.63, 3.8) is 0 Å². The Bertz CT molecular complexity index is 460. The van der Waals surface area contributed by atoms with Crippen LogP contribution in [0.3, 0.4) is 0 Å². The van der Waals surface area contributed by atoms with E-state index in [1.807, 2.05) is 38.9 Å². The molecule has 1 N–H and O–H groups in total. The molecule has 2 rings (SSSR count). The molecule has 0 bridgehead atoms. The quantitative estimate of drug-likeness (QED) is 0.908.